The molecule has 1 unspecified atom stereocenters. The van der Waals surface area contributed by atoms with Crippen LogP contribution in [0.4, 0.5) is 5.69 Å². The van der Waals surface area contributed by atoms with Crippen LogP contribution in [-0.2, 0) is 19.1 Å². The number of dihydropyridines is 1. The predicted molar refractivity (Wildman–Crippen MR) is 137 cm³/mol. The molecule has 8 nitrogen and oxygen atoms in total. The van der Waals surface area contributed by atoms with Crippen LogP contribution in [0, 0.1) is 10.1 Å². The molecule has 3 rings (SSSR count). The van der Waals surface area contributed by atoms with Gasteiger partial charge in [0.2, 0.25) is 0 Å². The van der Waals surface area contributed by atoms with E-state index in [9.17, 15) is 19.7 Å². The summed E-state index contributed by atoms with van der Waals surface area (Å²) in [6.45, 7) is 7.01. The molecule has 188 valence electrons. The van der Waals surface area contributed by atoms with Crippen molar-refractivity contribution < 1.29 is 24.0 Å². The third-order valence-corrected chi connectivity index (χ3v) is 5.89. The van der Waals surface area contributed by atoms with Crippen molar-refractivity contribution in [3.8, 4) is 0 Å². The standard InChI is InChI=1S/C28H30N2O6/c1-18-23(26(31)35-5)25(21-14-9-15-22(17-21)30(33)34)24(19(2)29-18)27(32)36-28(3,4)16-10-13-20-11-7-6-8-12-20/h6-15,17,25,29H,16H2,1-5H3/b13-10+. The number of ether oxygens (including phenoxy) is 2. The minimum atomic E-state index is -0.901. The smallest absolute Gasteiger partial charge is 0.337 e. The van der Waals surface area contributed by atoms with E-state index in [1.54, 1.807) is 33.8 Å². The molecule has 0 bridgehead atoms. The molecule has 0 fully saturated rings. The molecule has 2 aromatic rings. The Morgan fingerprint density at radius 1 is 1.03 bits per heavy atom. The molecule has 8 heteroatoms. The average molecular weight is 491 g/mol. The Hall–Kier alpha value is -4.20. The van der Waals surface area contributed by atoms with Crippen molar-refractivity contribution in [3.05, 3.63) is 104 Å². The second-order valence-corrected chi connectivity index (χ2v) is 9.15. The number of allylic oxidation sites excluding steroid dienone is 2. The van der Waals surface area contributed by atoms with E-state index in [0.29, 0.717) is 23.4 Å². The summed E-state index contributed by atoms with van der Waals surface area (Å²) in [4.78, 5) is 37.3. The lowest BCUT2D eigenvalue weighted by Crippen LogP contribution is -2.35. The fourth-order valence-electron chi connectivity index (χ4n) is 4.19. The zero-order chi connectivity index (χ0) is 26.5. The third-order valence-electron chi connectivity index (χ3n) is 5.89. The van der Waals surface area contributed by atoms with E-state index < -0.39 is 28.4 Å². The fourth-order valence-corrected chi connectivity index (χ4v) is 4.19. The Morgan fingerprint density at radius 3 is 2.28 bits per heavy atom. The highest BCUT2D eigenvalue weighted by atomic mass is 16.6. The van der Waals surface area contributed by atoms with Crippen LogP contribution in [0.1, 0.15) is 51.2 Å². The summed E-state index contributed by atoms with van der Waals surface area (Å²) in [6, 6.07) is 15.7. The van der Waals surface area contributed by atoms with Gasteiger partial charge >= 0.3 is 11.9 Å². The van der Waals surface area contributed by atoms with E-state index in [4.69, 9.17) is 9.47 Å². The molecule has 0 spiro atoms. The summed E-state index contributed by atoms with van der Waals surface area (Å²) in [5.74, 6) is -2.16. The van der Waals surface area contributed by atoms with E-state index in [-0.39, 0.29) is 16.8 Å². The number of nitro benzene ring substituents is 1. The summed E-state index contributed by atoms with van der Waals surface area (Å²) >= 11 is 0. The van der Waals surface area contributed by atoms with Gasteiger partial charge in [-0.2, -0.15) is 0 Å². The van der Waals surface area contributed by atoms with Crippen LogP contribution in [0.3, 0.4) is 0 Å². The Labute approximate surface area is 210 Å². The first kappa shape index (κ1) is 26.4. The van der Waals surface area contributed by atoms with E-state index in [1.807, 2.05) is 42.5 Å². The van der Waals surface area contributed by atoms with Gasteiger partial charge in [-0.1, -0.05) is 54.6 Å². The number of esters is 2. The number of hydrogen-bond donors (Lipinski definition) is 1. The quantitative estimate of drug-likeness (QED) is 0.299. The van der Waals surface area contributed by atoms with Gasteiger partial charge in [-0.05, 0) is 38.8 Å². The van der Waals surface area contributed by atoms with Crippen molar-refractivity contribution >= 4 is 23.7 Å². The summed E-state index contributed by atoms with van der Waals surface area (Å²) in [5.41, 5.74) is 1.82. The Kier molecular flexibility index (Phi) is 8.09. The molecule has 0 amide bonds. The van der Waals surface area contributed by atoms with Gasteiger partial charge in [-0.15, -0.1) is 0 Å². The molecule has 36 heavy (non-hydrogen) atoms. The van der Waals surface area contributed by atoms with Crippen molar-refractivity contribution in [2.75, 3.05) is 7.11 Å². The molecular weight excluding hydrogens is 460 g/mol. The van der Waals surface area contributed by atoms with Crippen LogP contribution < -0.4 is 5.32 Å². The molecule has 1 aliphatic heterocycles. The number of nitrogens with zero attached hydrogens (tertiary/aromatic N) is 1. The Morgan fingerprint density at radius 2 is 1.67 bits per heavy atom. The second kappa shape index (κ2) is 11.0. The van der Waals surface area contributed by atoms with Crippen LogP contribution in [0.15, 0.2) is 83.2 Å². The van der Waals surface area contributed by atoms with Crippen LogP contribution >= 0.6 is 0 Å². The van der Waals surface area contributed by atoms with Crippen LogP contribution in [0.25, 0.3) is 6.08 Å². The van der Waals surface area contributed by atoms with E-state index >= 15 is 0 Å². The molecule has 0 saturated heterocycles. The van der Waals surface area contributed by atoms with Gasteiger partial charge in [-0.3, -0.25) is 10.1 Å². The number of non-ortho nitro benzene ring substituents is 1. The molecule has 0 aromatic heterocycles. The highest BCUT2D eigenvalue weighted by molar-refractivity contribution is 6.00. The molecule has 1 heterocycles. The summed E-state index contributed by atoms with van der Waals surface area (Å²) < 4.78 is 10.9. The zero-order valence-electron chi connectivity index (χ0n) is 21.0. The maximum Gasteiger partial charge on any atom is 0.337 e. The highest BCUT2D eigenvalue weighted by Crippen LogP contribution is 2.40. The normalized spacial score (nSPS) is 16.1. The molecular formula is C28H30N2O6. The van der Waals surface area contributed by atoms with Gasteiger partial charge in [0.05, 0.1) is 29.1 Å². The number of benzene rings is 2. The number of methoxy groups -OCH3 is 1. The molecule has 2 aromatic carbocycles. The summed E-state index contributed by atoms with van der Waals surface area (Å²) in [7, 11) is 1.25. The molecule has 0 radical (unpaired) electrons. The minimum Gasteiger partial charge on any atom is -0.466 e. The van der Waals surface area contributed by atoms with Gasteiger partial charge in [0.1, 0.15) is 5.60 Å². The first-order chi connectivity index (χ1) is 17.0. The molecule has 0 aliphatic carbocycles. The van der Waals surface area contributed by atoms with Crippen LogP contribution in [0.2, 0.25) is 0 Å². The van der Waals surface area contributed by atoms with Crippen molar-refractivity contribution in [3.63, 3.8) is 0 Å². The fraction of sp³-hybridized carbons (Fsp3) is 0.286. The second-order valence-electron chi connectivity index (χ2n) is 9.15. The lowest BCUT2D eigenvalue weighted by molar-refractivity contribution is -0.384. The topological polar surface area (TPSA) is 108 Å². The zero-order valence-corrected chi connectivity index (χ0v) is 21.0. The minimum absolute atomic E-state index is 0.148. The molecule has 1 aliphatic rings. The number of carbonyl (C=O) groups excluding carboxylic acids is 2. The van der Waals surface area contributed by atoms with Crippen molar-refractivity contribution in [2.24, 2.45) is 0 Å². The third kappa shape index (κ3) is 6.07. The highest BCUT2D eigenvalue weighted by Gasteiger charge is 2.39. The molecule has 0 saturated carbocycles. The number of carbonyl (C=O) groups is 2. The first-order valence-electron chi connectivity index (χ1n) is 11.5. The summed E-state index contributed by atoms with van der Waals surface area (Å²) in [6.07, 6.45) is 4.34. The molecule has 1 atom stereocenters. The number of nitrogens with one attached hydrogen (secondary N) is 1. The maximum absolute atomic E-state index is 13.6. The molecule has 1 N–H and O–H groups in total. The lowest BCUT2D eigenvalue weighted by atomic mass is 9.80. The van der Waals surface area contributed by atoms with Crippen molar-refractivity contribution in [1.82, 2.24) is 5.32 Å². The summed E-state index contributed by atoms with van der Waals surface area (Å²) in [5, 5.41) is 14.5. The van der Waals surface area contributed by atoms with Gasteiger partial charge in [0.25, 0.3) is 5.69 Å². The SMILES string of the molecule is COC(=O)C1=C(C)NC(C)=C(C(=O)OC(C)(C)C/C=C/c2ccccc2)C1c1cccc([N+](=O)[O-])c1. The van der Waals surface area contributed by atoms with Crippen molar-refractivity contribution in [1.29, 1.82) is 0 Å². The lowest BCUT2D eigenvalue weighted by Gasteiger charge is -2.32. The largest absolute Gasteiger partial charge is 0.466 e. The average Bonchev–Trinajstić information content (AvgIpc) is 2.83. The van der Waals surface area contributed by atoms with Gasteiger partial charge in [-0.25, -0.2) is 9.59 Å². The van der Waals surface area contributed by atoms with Crippen LogP contribution in [0.5, 0.6) is 0 Å². The monoisotopic (exact) mass is 490 g/mol. The van der Waals surface area contributed by atoms with E-state index in [1.165, 1.54) is 25.3 Å². The Balaban J connectivity index is 1.96. The van der Waals surface area contributed by atoms with Gasteiger partial charge in [0, 0.05) is 29.9 Å². The Bertz CT molecular complexity index is 1260. The van der Waals surface area contributed by atoms with Gasteiger partial charge in [0.15, 0.2) is 0 Å². The van der Waals surface area contributed by atoms with E-state index in [0.717, 1.165) is 5.56 Å². The van der Waals surface area contributed by atoms with Gasteiger partial charge < -0.3 is 14.8 Å². The predicted octanol–water partition coefficient (Wildman–Crippen LogP) is 5.43. The number of nitro groups is 1. The number of hydrogen-bond acceptors (Lipinski definition) is 7. The first-order valence-corrected chi connectivity index (χ1v) is 11.5. The number of rotatable bonds is 8. The maximum atomic E-state index is 13.6. The van der Waals surface area contributed by atoms with Crippen molar-refractivity contribution in [2.45, 2.75) is 45.6 Å². The van der Waals surface area contributed by atoms with E-state index in [2.05, 4.69) is 5.32 Å². The van der Waals surface area contributed by atoms with Crippen LogP contribution in [-0.4, -0.2) is 29.6 Å².